The van der Waals surface area contributed by atoms with E-state index < -0.39 is 0 Å². The van der Waals surface area contributed by atoms with Crippen molar-refractivity contribution in [2.24, 2.45) is 5.92 Å². The molecule has 0 bridgehead atoms. The number of rotatable bonds is 9. The third-order valence-electron chi connectivity index (χ3n) is 3.28. The summed E-state index contributed by atoms with van der Waals surface area (Å²) in [4.78, 5) is 11.8. The molecule has 1 aromatic carbocycles. The number of aromatic hydroxyl groups is 1. The van der Waals surface area contributed by atoms with Gasteiger partial charge in [0.25, 0.3) is 0 Å². The number of allylic oxidation sites excluding steroid dienone is 2. The van der Waals surface area contributed by atoms with Crippen LogP contribution in [0.5, 0.6) is 11.5 Å². The summed E-state index contributed by atoms with van der Waals surface area (Å²) in [5.74, 6) is 1.45. The van der Waals surface area contributed by atoms with Gasteiger partial charge >= 0.3 is 0 Å². The highest BCUT2D eigenvalue weighted by Gasteiger charge is 2.06. The molecule has 0 aromatic heterocycles. The van der Waals surface area contributed by atoms with Crippen molar-refractivity contribution in [3.05, 3.63) is 35.9 Å². The van der Waals surface area contributed by atoms with E-state index >= 15 is 0 Å². The molecule has 0 atom stereocenters. The lowest BCUT2D eigenvalue weighted by molar-refractivity contribution is -0.119. The average Bonchev–Trinajstić information content (AvgIpc) is 2.45. The van der Waals surface area contributed by atoms with Crippen LogP contribution in [0.1, 0.15) is 45.1 Å². The van der Waals surface area contributed by atoms with Gasteiger partial charge in [0.2, 0.25) is 0 Å². The fraction of sp³-hybridized carbons (Fsp3) is 0.500. The van der Waals surface area contributed by atoms with Crippen molar-refractivity contribution < 1.29 is 14.6 Å². The van der Waals surface area contributed by atoms with E-state index in [9.17, 15) is 9.90 Å². The molecule has 0 saturated heterocycles. The van der Waals surface area contributed by atoms with Gasteiger partial charge in [0.15, 0.2) is 11.5 Å². The standard InChI is InChI=1S/C18H26O3/c1-14(2)7-5-4-6-8-16(19)11-9-15-10-12-17(20)18(13-15)21-3/h5,7,10,12-14,20H,4,6,8-9,11H2,1-3H3/b7-5+. The monoisotopic (exact) mass is 290 g/mol. The fourth-order valence-electron chi connectivity index (χ4n) is 2.07. The Bertz CT molecular complexity index is 475. The van der Waals surface area contributed by atoms with Crippen molar-refractivity contribution in [3.8, 4) is 11.5 Å². The Morgan fingerprint density at radius 3 is 2.76 bits per heavy atom. The molecular weight excluding hydrogens is 264 g/mol. The highest BCUT2D eigenvalue weighted by atomic mass is 16.5. The summed E-state index contributed by atoms with van der Waals surface area (Å²) < 4.78 is 5.06. The van der Waals surface area contributed by atoms with E-state index in [1.165, 1.54) is 7.11 Å². The third-order valence-corrected chi connectivity index (χ3v) is 3.28. The highest BCUT2D eigenvalue weighted by molar-refractivity contribution is 5.78. The summed E-state index contributed by atoms with van der Waals surface area (Å²) in [5.41, 5.74) is 1.01. The third kappa shape index (κ3) is 6.98. The number of ether oxygens (including phenoxy) is 1. The van der Waals surface area contributed by atoms with Crippen molar-refractivity contribution in [1.29, 1.82) is 0 Å². The van der Waals surface area contributed by atoms with Gasteiger partial charge in [-0.25, -0.2) is 0 Å². The number of hydrogen-bond acceptors (Lipinski definition) is 3. The van der Waals surface area contributed by atoms with E-state index in [4.69, 9.17) is 4.74 Å². The fourth-order valence-corrected chi connectivity index (χ4v) is 2.07. The molecule has 0 saturated carbocycles. The Kier molecular flexibility index (Phi) is 7.59. The summed E-state index contributed by atoms with van der Waals surface area (Å²) in [6, 6.07) is 5.22. The number of phenolic OH excluding ortho intramolecular Hbond substituents is 1. The second kappa shape index (κ2) is 9.22. The first kappa shape index (κ1) is 17.3. The predicted octanol–water partition coefficient (Wildman–Crippen LogP) is 4.29. The number of hydrogen-bond donors (Lipinski definition) is 1. The molecule has 116 valence electrons. The number of Topliss-reactive ketones (excluding diaryl/α,β-unsaturated/α-hetero) is 1. The first-order valence-corrected chi connectivity index (χ1v) is 7.57. The minimum absolute atomic E-state index is 0.129. The van der Waals surface area contributed by atoms with Crippen LogP contribution in [0, 0.1) is 5.92 Å². The first-order valence-electron chi connectivity index (χ1n) is 7.57. The zero-order chi connectivity index (χ0) is 15.7. The number of carbonyl (C=O) groups excluding carboxylic acids is 1. The number of unbranched alkanes of at least 4 members (excludes halogenated alkanes) is 1. The molecule has 0 heterocycles. The SMILES string of the molecule is COc1cc(CCC(=O)CCC/C=C/C(C)C)ccc1O. The van der Waals surface area contributed by atoms with Crippen molar-refractivity contribution in [1.82, 2.24) is 0 Å². The maximum atomic E-state index is 11.8. The van der Waals surface area contributed by atoms with E-state index in [0.717, 1.165) is 18.4 Å². The highest BCUT2D eigenvalue weighted by Crippen LogP contribution is 2.26. The zero-order valence-corrected chi connectivity index (χ0v) is 13.3. The van der Waals surface area contributed by atoms with Crippen LogP contribution in [0.4, 0.5) is 0 Å². The molecule has 0 aliphatic rings. The van der Waals surface area contributed by atoms with Crippen molar-refractivity contribution >= 4 is 5.78 Å². The van der Waals surface area contributed by atoms with Gasteiger partial charge in [-0.3, -0.25) is 4.79 Å². The first-order chi connectivity index (χ1) is 10.0. The summed E-state index contributed by atoms with van der Waals surface area (Å²) in [6.07, 6.45) is 8.09. The maximum Gasteiger partial charge on any atom is 0.160 e. The second-order valence-corrected chi connectivity index (χ2v) is 5.61. The van der Waals surface area contributed by atoms with Gasteiger partial charge in [-0.1, -0.05) is 32.1 Å². The van der Waals surface area contributed by atoms with E-state index in [0.29, 0.717) is 36.7 Å². The summed E-state index contributed by atoms with van der Waals surface area (Å²) in [6.45, 7) is 4.29. The zero-order valence-electron chi connectivity index (χ0n) is 13.3. The lowest BCUT2D eigenvalue weighted by Gasteiger charge is -2.06. The van der Waals surface area contributed by atoms with Crippen molar-refractivity contribution in [2.45, 2.75) is 46.0 Å². The van der Waals surface area contributed by atoms with Crippen LogP contribution in [0.3, 0.4) is 0 Å². The second-order valence-electron chi connectivity index (χ2n) is 5.61. The minimum atomic E-state index is 0.129. The van der Waals surface area contributed by atoms with Crippen LogP contribution < -0.4 is 4.74 Å². The molecule has 1 aromatic rings. The quantitative estimate of drug-likeness (QED) is 0.545. The van der Waals surface area contributed by atoms with Crippen LogP contribution >= 0.6 is 0 Å². The van der Waals surface area contributed by atoms with Crippen molar-refractivity contribution in [2.75, 3.05) is 7.11 Å². The minimum Gasteiger partial charge on any atom is -0.504 e. The molecule has 0 radical (unpaired) electrons. The van der Waals surface area contributed by atoms with E-state index in [2.05, 4.69) is 26.0 Å². The largest absolute Gasteiger partial charge is 0.504 e. The Labute approximate surface area is 127 Å². The number of benzene rings is 1. The summed E-state index contributed by atoms with van der Waals surface area (Å²) >= 11 is 0. The number of ketones is 1. The van der Waals surface area contributed by atoms with Gasteiger partial charge in [0.05, 0.1) is 7.11 Å². The van der Waals surface area contributed by atoms with Crippen LogP contribution in [0.25, 0.3) is 0 Å². The Morgan fingerprint density at radius 1 is 1.33 bits per heavy atom. The van der Waals surface area contributed by atoms with Gasteiger partial charge in [-0.15, -0.1) is 0 Å². The molecule has 0 unspecified atom stereocenters. The Balaban J connectivity index is 2.30. The molecule has 0 spiro atoms. The van der Waals surface area contributed by atoms with E-state index in [1.54, 1.807) is 12.1 Å². The molecule has 1 N–H and O–H groups in total. The van der Waals surface area contributed by atoms with Gasteiger partial charge < -0.3 is 9.84 Å². The molecule has 3 heteroatoms. The number of phenols is 1. The topological polar surface area (TPSA) is 46.5 Å². The number of carbonyl (C=O) groups is 1. The van der Waals surface area contributed by atoms with Gasteiger partial charge in [0, 0.05) is 12.8 Å². The van der Waals surface area contributed by atoms with Crippen molar-refractivity contribution in [3.63, 3.8) is 0 Å². The van der Waals surface area contributed by atoms with Crippen LogP contribution in [-0.2, 0) is 11.2 Å². The van der Waals surface area contributed by atoms with Gasteiger partial charge in [-0.2, -0.15) is 0 Å². The molecule has 1 rings (SSSR count). The lowest BCUT2D eigenvalue weighted by Crippen LogP contribution is -2.00. The van der Waals surface area contributed by atoms with Crippen LogP contribution in [0.2, 0.25) is 0 Å². The lowest BCUT2D eigenvalue weighted by atomic mass is 10.0. The molecule has 0 fully saturated rings. The van der Waals surface area contributed by atoms with Gasteiger partial charge in [-0.05, 0) is 42.9 Å². The molecule has 21 heavy (non-hydrogen) atoms. The molecular formula is C18H26O3. The Morgan fingerprint density at radius 2 is 2.10 bits per heavy atom. The maximum absolute atomic E-state index is 11.8. The van der Waals surface area contributed by atoms with Crippen LogP contribution in [0.15, 0.2) is 30.4 Å². The predicted molar refractivity (Wildman–Crippen MR) is 85.8 cm³/mol. The molecule has 0 aliphatic carbocycles. The summed E-state index contributed by atoms with van der Waals surface area (Å²) in [5, 5.41) is 9.52. The number of methoxy groups -OCH3 is 1. The summed E-state index contributed by atoms with van der Waals surface area (Å²) in [7, 11) is 1.52. The van der Waals surface area contributed by atoms with Gasteiger partial charge in [0.1, 0.15) is 5.78 Å². The molecule has 0 amide bonds. The van der Waals surface area contributed by atoms with E-state index in [-0.39, 0.29) is 5.75 Å². The smallest absolute Gasteiger partial charge is 0.160 e. The Hall–Kier alpha value is -1.77. The molecule has 0 aliphatic heterocycles. The van der Waals surface area contributed by atoms with E-state index in [1.807, 2.05) is 6.07 Å². The molecule has 3 nitrogen and oxygen atoms in total. The average molecular weight is 290 g/mol. The number of aryl methyl sites for hydroxylation is 1. The van der Waals surface area contributed by atoms with Crippen LogP contribution in [-0.4, -0.2) is 18.0 Å². The normalized spacial score (nSPS) is 11.2.